The third kappa shape index (κ3) is 4.72. The Bertz CT molecular complexity index is 1140. The van der Waals surface area contributed by atoms with Crippen LogP contribution in [0.1, 0.15) is 61.0 Å². The fourth-order valence-corrected chi connectivity index (χ4v) is 7.98. The lowest BCUT2D eigenvalue weighted by molar-refractivity contribution is -0.159. The second kappa shape index (κ2) is 9.37. The fraction of sp³-hybridized carbons (Fsp3) is 0.600. The first-order chi connectivity index (χ1) is 17.3. The Morgan fingerprint density at radius 3 is 2.14 bits per heavy atom. The van der Waals surface area contributed by atoms with Crippen LogP contribution in [0, 0.1) is 37.0 Å². The van der Waals surface area contributed by atoms with Gasteiger partial charge in [-0.25, -0.2) is 0 Å². The molecule has 4 aliphatic carbocycles. The SMILES string of the molecule is Cc1cc(C)cc(COc2coc(CN3CCN(C(=O)C45CC6CC(CC(C6)C4)C5)CC3)cc2=O)c1. The van der Waals surface area contributed by atoms with Crippen molar-refractivity contribution in [2.24, 2.45) is 23.2 Å². The molecule has 2 aromatic rings. The predicted molar refractivity (Wildman–Crippen MR) is 138 cm³/mol. The molecule has 5 aliphatic rings. The van der Waals surface area contributed by atoms with Gasteiger partial charge in [0.2, 0.25) is 17.1 Å². The number of ether oxygens (including phenoxy) is 1. The van der Waals surface area contributed by atoms with Gasteiger partial charge in [-0.2, -0.15) is 0 Å². The predicted octanol–water partition coefficient (Wildman–Crippen LogP) is 4.70. The molecule has 4 saturated carbocycles. The summed E-state index contributed by atoms with van der Waals surface area (Å²) in [5, 5.41) is 0. The summed E-state index contributed by atoms with van der Waals surface area (Å²) in [7, 11) is 0. The smallest absolute Gasteiger partial charge is 0.228 e. The van der Waals surface area contributed by atoms with Crippen LogP contribution in [-0.4, -0.2) is 41.9 Å². The second-order valence-corrected chi connectivity index (χ2v) is 12.1. The molecule has 5 fully saturated rings. The van der Waals surface area contributed by atoms with Crippen LogP contribution in [0.25, 0.3) is 0 Å². The molecule has 1 aromatic heterocycles. The van der Waals surface area contributed by atoms with Crippen molar-refractivity contribution in [1.29, 1.82) is 0 Å². The molecular formula is C30H38N2O4. The maximum atomic E-state index is 13.6. The van der Waals surface area contributed by atoms with E-state index in [2.05, 4.69) is 41.8 Å². The largest absolute Gasteiger partial charge is 0.482 e. The number of carbonyl (C=O) groups is 1. The van der Waals surface area contributed by atoms with Crippen LogP contribution in [0.2, 0.25) is 0 Å². The Balaban J connectivity index is 1.02. The molecule has 1 amide bonds. The second-order valence-electron chi connectivity index (χ2n) is 12.1. The van der Waals surface area contributed by atoms with Gasteiger partial charge in [0, 0.05) is 32.2 Å². The van der Waals surface area contributed by atoms with E-state index >= 15 is 0 Å². The van der Waals surface area contributed by atoms with Crippen molar-refractivity contribution < 1.29 is 13.9 Å². The molecule has 192 valence electrons. The van der Waals surface area contributed by atoms with Crippen molar-refractivity contribution in [3.05, 3.63) is 63.2 Å². The van der Waals surface area contributed by atoms with E-state index < -0.39 is 0 Å². The molecule has 4 bridgehead atoms. The highest BCUT2D eigenvalue weighted by Crippen LogP contribution is 2.60. The summed E-state index contributed by atoms with van der Waals surface area (Å²) in [6.07, 6.45) is 8.90. The van der Waals surface area contributed by atoms with Gasteiger partial charge >= 0.3 is 0 Å². The number of benzene rings is 1. The average Bonchev–Trinajstić information content (AvgIpc) is 2.82. The van der Waals surface area contributed by atoms with E-state index in [0.717, 1.165) is 68.8 Å². The van der Waals surface area contributed by atoms with Crippen molar-refractivity contribution in [1.82, 2.24) is 9.80 Å². The Labute approximate surface area is 213 Å². The Hall–Kier alpha value is -2.60. The van der Waals surface area contributed by atoms with Gasteiger partial charge in [-0.05, 0) is 75.7 Å². The summed E-state index contributed by atoms with van der Waals surface area (Å²) >= 11 is 0. The maximum Gasteiger partial charge on any atom is 0.228 e. The zero-order valence-corrected chi connectivity index (χ0v) is 21.6. The summed E-state index contributed by atoms with van der Waals surface area (Å²) in [6.45, 7) is 8.18. The van der Waals surface area contributed by atoms with Gasteiger partial charge in [-0.15, -0.1) is 0 Å². The van der Waals surface area contributed by atoms with Gasteiger partial charge in [0.25, 0.3) is 0 Å². The third-order valence-corrected chi connectivity index (χ3v) is 9.06. The number of nitrogens with zero attached hydrogens (tertiary/aromatic N) is 2. The van der Waals surface area contributed by atoms with Gasteiger partial charge in [0.05, 0.1) is 12.0 Å². The summed E-state index contributed by atoms with van der Waals surface area (Å²) in [5.74, 6) is 3.67. The number of piperazine rings is 1. The number of amides is 1. The molecule has 6 nitrogen and oxygen atoms in total. The lowest BCUT2D eigenvalue weighted by atomic mass is 9.49. The Morgan fingerprint density at radius 2 is 1.56 bits per heavy atom. The van der Waals surface area contributed by atoms with E-state index in [-0.39, 0.29) is 16.6 Å². The van der Waals surface area contributed by atoms with Crippen LogP contribution in [0.4, 0.5) is 0 Å². The summed E-state index contributed by atoms with van der Waals surface area (Å²) < 4.78 is 11.5. The third-order valence-electron chi connectivity index (χ3n) is 9.06. The van der Waals surface area contributed by atoms with Crippen molar-refractivity contribution in [2.75, 3.05) is 26.2 Å². The molecule has 0 N–H and O–H groups in total. The Kier molecular flexibility index (Phi) is 6.19. The lowest BCUT2D eigenvalue weighted by Gasteiger charge is -2.57. The standard InChI is InChI=1S/C30H38N2O4/c1-20-7-21(2)9-25(8-20)18-36-28-19-35-26(13-27(28)33)17-31-3-5-32(6-4-31)29(34)30-14-22-10-23(15-30)12-24(11-22)16-30/h7-9,13,19,22-24H,3-6,10-12,14-18H2,1-2H3. The fourth-order valence-electron chi connectivity index (χ4n) is 7.98. The van der Waals surface area contributed by atoms with E-state index in [1.54, 1.807) is 6.07 Å². The minimum Gasteiger partial charge on any atom is -0.482 e. The first-order valence-electron chi connectivity index (χ1n) is 13.7. The normalized spacial score (nSPS) is 29.5. The lowest BCUT2D eigenvalue weighted by Crippen LogP contribution is -2.58. The highest BCUT2D eigenvalue weighted by molar-refractivity contribution is 5.83. The van der Waals surface area contributed by atoms with Crippen molar-refractivity contribution >= 4 is 5.91 Å². The van der Waals surface area contributed by atoms with E-state index in [1.807, 2.05) is 0 Å². The van der Waals surface area contributed by atoms with Crippen LogP contribution in [0.5, 0.6) is 5.75 Å². The van der Waals surface area contributed by atoms with Crippen LogP contribution >= 0.6 is 0 Å². The molecule has 0 atom stereocenters. The average molecular weight is 491 g/mol. The van der Waals surface area contributed by atoms with Crippen LogP contribution in [-0.2, 0) is 17.9 Å². The number of rotatable bonds is 6. The number of hydrogen-bond donors (Lipinski definition) is 0. The molecule has 36 heavy (non-hydrogen) atoms. The minimum atomic E-state index is -0.156. The molecule has 6 heteroatoms. The van der Waals surface area contributed by atoms with Crippen molar-refractivity contribution in [2.45, 2.75) is 65.5 Å². The molecule has 2 heterocycles. The van der Waals surface area contributed by atoms with Crippen LogP contribution in [0.15, 0.2) is 39.7 Å². The topological polar surface area (TPSA) is 63.0 Å². The first kappa shape index (κ1) is 23.8. The van der Waals surface area contributed by atoms with Crippen molar-refractivity contribution in [3.8, 4) is 5.75 Å². The summed E-state index contributed by atoms with van der Waals surface area (Å²) in [4.78, 5) is 30.7. The maximum absolute atomic E-state index is 13.6. The first-order valence-corrected chi connectivity index (χ1v) is 13.7. The molecule has 0 unspecified atom stereocenters. The summed E-state index contributed by atoms with van der Waals surface area (Å²) in [5.41, 5.74) is 3.18. The van der Waals surface area contributed by atoms with Gasteiger partial charge in [0.1, 0.15) is 18.6 Å². The monoisotopic (exact) mass is 490 g/mol. The highest BCUT2D eigenvalue weighted by atomic mass is 16.5. The number of aryl methyl sites for hydroxylation is 2. The zero-order chi connectivity index (χ0) is 24.9. The summed E-state index contributed by atoms with van der Waals surface area (Å²) in [6, 6.07) is 7.79. The Morgan fingerprint density at radius 1 is 0.944 bits per heavy atom. The zero-order valence-electron chi connectivity index (χ0n) is 21.6. The quantitative estimate of drug-likeness (QED) is 0.588. The molecule has 0 spiro atoms. The van der Waals surface area contributed by atoms with Gasteiger partial charge in [0.15, 0.2) is 0 Å². The van der Waals surface area contributed by atoms with Crippen LogP contribution in [0.3, 0.4) is 0 Å². The van der Waals surface area contributed by atoms with E-state index in [9.17, 15) is 9.59 Å². The molecule has 1 aliphatic heterocycles. The molecular weight excluding hydrogens is 452 g/mol. The van der Waals surface area contributed by atoms with Crippen molar-refractivity contribution in [3.63, 3.8) is 0 Å². The molecule has 1 saturated heterocycles. The van der Waals surface area contributed by atoms with Gasteiger partial charge in [-0.1, -0.05) is 29.3 Å². The van der Waals surface area contributed by atoms with E-state index in [4.69, 9.17) is 9.15 Å². The van der Waals surface area contributed by atoms with Crippen LogP contribution < -0.4 is 10.2 Å². The van der Waals surface area contributed by atoms with E-state index in [1.165, 1.54) is 36.7 Å². The minimum absolute atomic E-state index is 0.0588. The van der Waals surface area contributed by atoms with E-state index in [0.29, 0.717) is 24.8 Å². The van der Waals surface area contributed by atoms with Gasteiger partial charge < -0.3 is 14.1 Å². The number of hydrogen-bond acceptors (Lipinski definition) is 5. The number of carbonyl (C=O) groups excluding carboxylic acids is 1. The van der Waals surface area contributed by atoms with Gasteiger partial charge in [-0.3, -0.25) is 14.5 Å². The molecule has 1 aromatic carbocycles. The molecule has 0 radical (unpaired) electrons. The molecule has 7 rings (SSSR count). The highest BCUT2D eigenvalue weighted by Gasteiger charge is 2.55.